The largest absolute Gasteiger partial charge is 0.495 e. The Balaban J connectivity index is 1.27. The van der Waals surface area contributed by atoms with E-state index in [0.29, 0.717) is 17.3 Å². The Morgan fingerprint density at radius 2 is 1.60 bits per heavy atom. The number of hydrogen-bond acceptors (Lipinski definition) is 5. The lowest BCUT2D eigenvalue weighted by atomic mass is 9.72. The van der Waals surface area contributed by atoms with Crippen molar-refractivity contribution in [2.45, 2.75) is 92.3 Å². The molecule has 2 aromatic carbocycles. The van der Waals surface area contributed by atoms with E-state index in [4.69, 9.17) is 4.74 Å². The van der Waals surface area contributed by atoms with E-state index < -0.39 is 21.6 Å². The fourth-order valence-corrected chi connectivity index (χ4v) is 7.78. The van der Waals surface area contributed by atoms with Gasteiger partial charge in [0.2, 0.25) is 9.84 Å². The van der Waals surface area contributed by atoms with E-state index >= 15 is 0 Å². The van der Waals surface area contributed by atoms with Crippen LogP contribution in [0.4, 0.5) is 13.2 Å². The number of nitrogens with one attached hydrogen (secondary N) is 3. The molecule has 1 aliphatic carbocycles. The number of aromatic nitrogens is 1. The minimum absolute atomic E-state index is 0.0144. The number of methoxy groups -OCH3 is 1. The number of carbonyl (C=O) groups excluding carboxylic acids is 1. The molecule has 0 bridgehead atoms. The zero-order valence-corrected chi connectivity index (χ0v) is 25.1. The second-order valence-corrected chi connectivity index (χ2v) is 13.6. The van der Waals surface area contributed by atoms with E-state index in [1.165, 1.54) is 62.8 Å². The third kappa shape index (κ3) is 6.77. The van der Waals surface area contributed by atoms with Crippen LogP contribution in [0, 0.1) is 0 Å². The van der Waals surface area contributed by atoms with E-state index in [-0.39, 0.29) is 33.4 Å². The van der Waals surface area contributed by atoms with E-state index in [9.17, 15) is 26.4 Å². The molecule has 0 saturated heterocycles. The van der Waals surface area contributed by atoms with Crippen molar-refractivity contribution in [3.8, 4) is 5.75 Å². The number of amides is 1. The fourth-order valence-electron chi connectivity index (χ4n) is 6.38. The molecule has 1 spiro atoms. The molecule has 0 atom stereocenters. The molecular weight excluding hydrogens is 579 g/mol. The van der Waals surface area contributed by atoms with Crippen LogP contribution in [0.2, 0.25) is 0 Å². The van der Waals surface area contributed by atoms with Crippen molar-refractivity contribution in [2.24, 2.45) is 0 Å². The Kier molecular flexibility index (Phi) is 9.22. The summed E-state index contributed by atoms with van der Waals surface area (Å²) in [6.45, 7) is 1.81. The molecular formula is C32H38F3N3O4S. The fraction of sp³-hybridized carbons (Fsp3) is 0.469. The number of aromatic amines is 1. The minimum Gasteiger partial charge on any atom is -0.495 e. The van der Waals surface area contributed by atoms with Crippen molar-refractivity contribution in [1.29, 1.82) is 0 Å². The minimum atomic E-state index is -4.63. The van der Waals surface area contributed by atoms with Crippen molar-refractivity contribution in [1.82, 2.24) is 15.6 Å². The molecule has 2 aliphatic rings. The van der Waals surface area contributed by atoms with Gasteiger partial charge in [-0.15, -0.1) is 0 Å². The molecule has 7 nitrogen and oxygen atoms in total. The first-order chi connectivity index (χ1) is 20.5. The highest BCUT2D eigenvalue weighted by atomic mass is 32.2. The molecule has 1 aliphatic heterocycles. The highest BCUT2D eigenvalue weighted by molar-refractivity contribution is 7.91. The topological polar surface area (TPSA) is 100 Å². The van der Waals surface area contributed by atoms with E-state index in [0.717, 1.165) is 50.7 Å². The highest BCUT2D eigenvalue weighted by Gasteiger charge is 2.38. The van der Waals surface area contributed by atoms with E-state index in [2.05, 4.69) is 15.6 Å². The van der Waals surface area contributed by atoms with Crippen LogP contribution >= 0.6 is 0 Å². The molecule has 1 aromatic heterocycles. The molecule has 5 rings (SSSR count). The smallest absolute Gasteiger partial charge is 0.416 e. The predicted molar refractivity (Wildman–Crippen MR) is 157 cm³/mol. The standard InChI is InChI=1S/C32H38F3N3O4S/c1-42-27-18-24(32(33,34)35)11-14-28(27)43(40,41)25-12-9-22(10-13-25)19-37-30(39)26-17-23-20-36-21-31(29(23)38-26)15-7-5-3-2-4-6-8-16-31/h9-14,17-18,36,38H,2-8,15-16,19-21H2,1H3,(H,37,39). The van der Waals surface area contributed by atoms with Crippen LogP contribution in [0.25, 0.3) is 0 Å². The summed E-state index contributed by atoms with van der Waals surface area (Å²) in [6.07, 6.45) is 6.28. The number of hydrogen-bond donors (Lipinski definition) is 3. The number of H-pyrrole nitrogens is 1. The Morgan fingerprint density at radius 3 is 2.23 bits per heavy atom. The number of alkyl halides is 3. The van der Waals surface area contributed by atoms with Crippen molar-refractivity contribution in [3.05, 3.63) is 76.6 Å². The van der Waals surface area contributed by atoms with Gasteiger partial charge in [0.15, 0.2) is 0 Å². The summed E-state index contributed by atoms with van der Waals surface area (Å²) >= 11 is 0. The second kappa shape index (κ2) is 12.7. The van der Waals surface area contributed by atoms with Crippen molar-refractivity contribution in [2.75, 3.05) is 13.7 Å². The maximum absolute atomic E-state index is 13.2. The van der Waals surface area contributed by atoms with Gasteiger partial charge in [-0.2, -0.15) is 13.2 Å². The molecule has 2 heterocycles. The number of fused-ring (bicyclic) bond motifs is 2. The lowest BCUT2D eigenvalue weighted by Crippen LogP contribution is -2.43. The third-order valence-electron chi connectivity index (χ3n) is 8.73. The van der Waals surface area contributed by atoms with Crippen molar-refractivity contribution >= 4 is 15.7 Å². The van der Waals surface area contributed by atoms with Crippen LogP contribution in [0.5, 0.6) is 5.75 Å². The molecule has 3 aromatic rings. The Bertz CT molecular complexity index is 1540. The number of sulfone groups is 1. The van der Waals surface area contributed by atoms with Gasteiger partial charge in [0.1, 0.15) is 16.3 Å². The number of halogens is 3. The summed E-state index contributed by atoms with van der Waals surface area (Å²) in [7, 11) is -3.03. The van der Waals surface area contributed by atoms with E-state index in [1.807, 2.05) is 6.07 Å². The second-order valence-electron chi connectivity index (χ2n) is 11.6. The van der Waals surface area contributed by atoms with Gasteiger partial charge in [0, 0.05) is 30.7 Å². The Hall–Kier alpha value is -3.31. The first-order valence-electron chi connectivity index (χ1n) is 14.8. The maximum atomic E-state index is 13.2. The van der Waals surface area contributed by atoms with Crippen LogP contribution in [0.1, 0.15) is 90.7 Å². The highest BCUT2D eigenvalue weighted by Crippen LogP contribution is 2.40. The summed E-state index contributed by atoms with van der Waals surface area (Å²) in [6, 6.07) is 10.1. The molecule has 0 radical (unpaired) electrons. The zero-order chi connectivity index (χ0) is 30.7. The van der Waals surface area contributed by atoms with Crippen LogP contribution in [0.15, 0.2) is 58.3 Å². The average molecular weight is 618 g/mol. The Morgan fingerprint density at radius 1 is 0.953 bits per heavy atom. The van der Waals surface area contributed by atoms with Gasteiger partial charge >= 0.3 is 6.18 Å². The van der Waals surface area contributed by atoms with Gasteiger partial charge in [0.25, 0.3) is 5.91 Å². The molecule has 3 N–H and O–H groups in total. The first-order valence-corrected chi connectivity index (χ1v) is 16.3. The van der Waals surface area contributed by atoms with Crippen LogP contribution in [-0.4, -0.2) is 33.0 Å². The molecule has 1 fully saturated rings. The molecule has 11 heteroatoms. The number of rotatable bonds is 6. The van der Waals surface area contributed by atoms with Crippen molar-refractivity contribution in [3.63, 3.8) is 0 Å². The normalized spacial score (nSPS) is 17.7. The summed E-state index contributed by atoms with van der Waals surface area (Å²) in [5.41, 5.74) is 2.53. The lowest BCUT2D eigenvalue weighted by molar-refractivity contribution is -0.137. The van der Waals surface area contributed by atoms with Gasteiger partial charge in [-0.05, 0) is 60.4 Å². The summed E-state index contributed by atoms with van der Waals surface area (Å²) in [5.74, 6) is -0.627. The Labute approximate surface area is 250 Å². The summed E-state index contributed by atoms with van der Waals surface area (Å²) in [5, 5.41) is 6.50. The zero-order valence-electron chi connectivity index (χ0n) is 24.3. The van der Waals surface area contributed by atoms with Crippen molar-refractivity contribution < 1.29 is 31.1 Å². The van der Waals surface area contributed by atoms with Crippen LogP contribution in [0.3, 0.4) is 0 Å². The SMILES string of the molecule is COc1cc(C(F)(F)F)ccc1S(=O)(=O)c1ccc(CNC(=O)c2cc3c([nH]2)C2(CCCCCCCCC2)CNC3)cc1. The third-order valence-corrected chi connectivity index (χ3v) is 10.5. The summed E-state index contributed by atoms with van der Waals surface area (Å²) in [4.78, 5) is 16.2. The average Bonchev–Trinajstić information content (AvgIpc) is 3.45. The first kappa shape index (κ1) is 31.1. The molecule has 43 heavy (non-hydrogen) atoms. The van der Waals surface area contributed by atoms with Gasteiger partial charge in [-0.3, -0.25) is 4.79 Å². The van der Waals surface area contributed by atoms with Gasteiger partial charge in [-0.25, -0.2) is 8.42 Å². The molecule has 0 unspecified atom stereocenters. The molecule has 232 valence electrons. The predicted octanol–water partition coefficient (Wildman–Crippen LogP) is 6.67. The lowest BCUT2D eigenvalue weighted by Gasteiger charge is -2.38. The number of ether oxygens (including phenoxy) is 1. The summed E-state index contributed by atoms with van der Waals surface area (Å²) < 4.78 is 70.7. The molecule has 1 amide bonds. The van der Waals surface area contributed by atoms with Gasteiger partial charge < -0.3 is 20.4 Å². The van der Waals surface area contributed by atoms with Crippen LogP contribution < -0.4 is 15.4 Å². The quantitative estimate of drug-likeness (QED) is 0.287. The number of benzene rings is 2. The monoisotopic (exact) mass is 617 g/mol. The van der Waals surface area contributed by atoms with E-state index in [1.54, 1.807) is 12.1 Å². The number of carbonyl (C=O) groups is 1. The maximum Gasteiger partial charge on any atom is 0.416 e. The molecule has 1 saturated carbocycles. The van der Waals surface area contributed by atoms with Gasteiger partial charge in [0.05, 0.1) is 17.6 Å². The van der Waals surface area contributed by atoms with Gasteiger partial charge in [-0.1, -0.05) is 57.1 Å². The van der Waals surface area contributed by atoms with Crippen LogP contribution in [-0.2, 0) is 34.5 Å².